The van der Waals surface area contributed by atoms with Crippen LogP contribution in [-0.2, 0) is 68.4 Å². The van der Waals surface area contributed by atoms with Crippen LogP contribution in [0.3, 0.4) is 0 Å². The van der Waals surface area contributed by atoms with Crippen molar-refractivity contribution in [2.24, 2.45) is 17.1 Å². The van der Waals surface area contributed by atoms with Crippen LogP contribution in [0.1, 0.15) is 85.8 Å². The van der Waals surface area contributed by atoms with Gasteiger partial charge in [0.1, 0.15) is 52.8 Å². The summed E-state index contributed by atoms with van der Waals surface area (Å²) in [5.41, 5.74) is 1.77. The Kier molecular flexibility index (Phi) is 18.8. The Bertz CT molecular complexity index is 3200. The largest absolute Gasteiger partial charge is 0.497 e. The van der Waals surface area contributed by atoms with Crippen LogP contribution in [-0.4, -0.2) is 155 Å². The number of hydrogen-bond donors (Lipinski definition) is 7. The molecule has 0 bridgehead atoms. The van der Waals surface area contributed by atoms with Gasteiger partial charge in [0, 0.05) is 68.2 Å². The van der Waals surface area contributed by atoms with Gasteiger partial charge in [0.2, 0.25) is 24.0 Å². The maximum Gasteiger partial charge on any atom is 0.312 e. The Morgan fingerprint density at radius 1 is 0.759 bits per heavy atom. The molecule has 4 heterocycles. The molecule has 4 aliphatic heterocycles. The molecule has 10 rings (SSSR count). The number of imide groups is 1. The number of aliphatic hydroxyl groups excluding tert-OH is 1. The fourth-order valence-corrected chi connectivity index (χ4v) is 12.5. The normalized spacial score (nSPS) is 27.0. The number of ether oxygens (including phenoxy) is 10. The molecule has 464 valence electrons. The van der Waals surface area contributed by atoms with Crippen LogP contribution >= 0.6 is 0 Å². The summed E-state index contributed by atoms with van der Waals surface area (Å²) in [7, 11) is 5.56. The number of benzene rings is 4. The first kappa shape index (κ1) is 61.9. The second-order valence-corrected chi connectivity index (χ2v) is 22.1. The summed E-state index contributed by atoms with van der Waals surface area (Å²) in [6.45, 7) is 0.787. The molecule has 0 radical (unpaired) electrons. The van der Waals surface area contributed by atoms with Crippen LogP contribution in [0.25, 0.3) is 0 Å². The number of methoxy groups -OCH3 is 4. The van der Waals surface area contributed by atoms with E-state index in [1.807, 2.05) is 6.07 Å². The third-order valence-electron chi connectivity index (χ3n) is 17.1. The second kappa shape index (κ2) is 26.4. The third kappa shape index (κ3) is 12.0. The maximum atomic E-state index is 13.9. The number of nitrogens with zero attached hydrogens (tertiary/aromatic N) is 1. The summed E-state index contributed by atoms with van der Waals surface area (Å²) < 4.78 is 61.0. The predicted molar refractivity (Wildman–Crippen MR) is 305 cm³/mol. The van der Waals surface area contributed by atoms with Crippen molar-refractivity contribution in [3.63, 3.8) is 0 Å². The van der Waals surface area contributed by atoms with E-state index >= 15 is 0 Å². The first-order valence-electron chi connectivity index (χ1n) is 28.9. The van der Waals surface area contributed by atoms with Crippen molar-refractivity contribution in [2.45, 2.75) is 112 Å². The molecule has 87 heavy (non-hydrogen) atoms. The Hall–Kier alpha value is -8.17. The summed E-state index contributed by atoms with van der Waals surface area (Å²) in [6, 6.07) is 23.7. The summed E-state index contributed by atoms with van der Waals surface area (Å²) in [4.78, 5) is 91.5. The van der Waals surface area contributed by atoms with E-state index in [4.69, 9.17) is 53.1 Å². The lowest BCUT2D eigenvalue weighted by molar-refractivity contribution is -0.323. The van der Waals surface area contributed by atoms with Gasteiger partial charge >= 0.3 is 12.0 Å². The molecule has 0 spiro atoms. The minimum absolute atomic E-state index is 0.0213. The Balaban J connectivity index is 0.786. The van der Waals surface area contributed by atoms with Gasteiger partial charge in [-0.15, -0.1) is 0 Å². The SMILES string of the molecule is COC(=O)[C@H]1[C@@H](O)[C@@]2(O)c3c(OC)cc(O[C@@H]4O[C@@H]([C@H]5COC(c6ccc(NC(=O)[C@H](CCCNC(N)=O)NC(=O)C7(C(=O)NCCCCCN8C(=O)C=CC8=O)CCC7)cc6)O5)CO[C@H]4OC)cc3O[C@@]2(c2ccc(OC)cc2)[C@@H]1c1ccccc1. The Labute approximate surface area is 501 Å². The topological polar surface area (TPSA) is 330 Å². The standard InChI is InChI=1S/C62H72N6O19/c1-78-39-22-18-37(19-23-39)62-49(35-13-7-5-8-14-35)48(53(73)80-3)51(71)61(62,77)50-42(79-2)31-40(32-43(50)87-62)84-56-55(81-4)83-34-45(86-56)44-33-82-54(85-44)36-16-20-38(21-17-36)66-52(72)41(15-11-29-65-59(63)76)67-58(75)60(26-12-27-60)57(74)64-28-9-6-10-30-68-46(69)24-25-47(68)70/h5,7-8,13-14,16-25,31-32,41,44-45,48-49,51,54-56,71,77H,6,9-12,15,26-30,33-34H2,1-4H3,(H,64,74)(H,66,72)(H,67,75)(H3,63,65,76)/t41-,44+,45+,48+,49+,51+,54?,55+,56+,61-,62-/m0/s1. The molecule has 4 fully saturated rings. The van der Waals surface area contributed by atoms with Crippen LogP contribution in [0.4, 0.5) is 10.5 Å². The van der Waals surface area contributed by atoms with Crippen molar-refractivity contribution < 1.29 is 91.1 Å². The van der Waals surface area contributed by atoms with Gasteiger partial charge in [0.05, 0.1) is 46.0 Å². The number of unbranched alkanes of at least 4 members (excludes halogenated alkanes) is 2. The number of fused-ring (bicyclic) bond motifs is 3. The number of nitrogens with two attached hydrogens (primary N) is 1. The third-order valence-corrected chi connectivity index (χ3v) is 17.1. The second-order valence-electron chi connectivity index (χ2n) is 22.1. The van der Waals surface area contributed by atoms with Crippen molar-refractivity contribution in [1.29, 1.82) is 0 Å². The van der Waals surface area contributed by atoms with E-state index in [2.05, 4.69) is 21.3 Å². The first-order chi connectivity index (χ1) is 42.0. The molecule has 2 saturated carbocycles. The number of amides is 7. The van der Waals surface area contributed by atoms with Gasteiger partial charge in [0.15, 0.2) is 17.5 Å². The Morgan fingerprint density at radius 2 is 1.46 bits per heavy atom. The van der Waals surface area contributed by atoms with E-state index in [9.17, 15) is 43.8 Å². The zero-order valence-corrected chi connectivity index (χ0v) is 48.6. The predicted octanol–water partition coefficient (Wildman–Crippen LogP) is 3.59. The van der Waals surface area contributed by atoms with Crippen LogP contribution in [0, 0.1) is 11.3 Å². The van der Waals surface area contributed by atoms with E-state index in [0.29, 0.717) is 53.8 Å². The van der Waals surface area contributed by atoms with E-state index in [0.717, 1.165) is 4.90 Å². The van der Waals surface area contributed by atoms with Gasteiger partial charge in [0.25, 0.3) is 18.1 Å². The molecule has 8 N–H and O–H groups in total. The van der Waals surface area contributed by atoms with Gasteiger partial charge < -0.3 is 84.6 Å². The number of carbonyl (C=O) groups excluding carboxylic acids is 7. The molecular formula is C62H72N6O19. The molecule has 4 aromatic rings. The summed E-state index contributed by atoms with van der Waals surface area (Å²) >= 11 is 0. The molecule has 11 atom stereocenters. The number of esters is 1. The monoisotopic (exact) mass is 1200 g/mol. The first-order valence-corrected chi connectivity index (χ1v) is 28.9. The molecule has 4 aromatic carbocycles. The Morgan fingerprint density at radius 3 is 2.11 bits per heavy atom. The van der Waals surface area contributed by atoms with Gasteiger partial charge in [-0.2, -0.15) is 0 Å². The van der Waals surface area contributed by atoms with Gasteiger partial charge in [-0.05, 0) is 80.3 Å². The van der Waals surface area contributed by atoms with Crippen LogP contribution in [0.2, 0.25) is 0 Å². The molecule has 6 aliphatic rings. The highest BCUT2D eigenvalue weighted by Crippen LogP contribution is 2.70. The van der Waals surface area contributed by atoms with Gasteiger partial charge in [-0.3, -0.25) is 33.7 Å². The fraction of sp³-hybridized carbons (Fsp3) is 0.468. The van der Waals surface area contributed by atoms with E-state index in [1.165, 1.54) is 52.7 Å². The number of carbonyl (C=O) groups is 7. The van der Waals surface area contributed by atoms with Crippen LogP contribution < -0.4 is 45.9 Å². The molecule has 2 saturated heterocycles. The lowest BCUT2D eigenvalue weighted by atomic mass is 9.67. The van der Waals surface area contributed by atoms with Crippen molar-refractivity contribution in [1.82, 2.24) is 20.9 Å². The number of rotatable bonds is 25. The summed E-state index contributed by atoms with van der Waals surface area (Å²) in [5, 5.41) is 36.8. The molecule has 0 aromatic heterocycles. The van der Waals surface area contributed by atoms with Gasteiger partial charge in [-0.1, -0.05) is 61.0 Å². The highest BCUT2D eigenvalue weighted by molar-refractivity contribution is 6.13. The zero-order valence-electron chi connectivity index (χ0n) is 48.6. The van der Waals surface area contributed by atoms with Crippen molar-refractivity contribution in [2.75, 3.05) is 66.6 Å². The van der Waals surface area contributed by atoms with E-state index in [-0.39, 0.29) is 93.2 Å². The highest BCUT2D eigenvalue weighted by Gasteiger charge is 2.78. The lowest BCUT2D eigenvalue weighted by Gasteiger charge is -2.40. The minimum Gasteiger partial charge on any atom is -0.497 e. The van der Waals surface area contributed by atoms with Gasteiger partial charge in [-0.25, -0.2) is 4.79 Å². The van der Waals surface area contributed by atoms with Crippen molar-refractivity contribution in [3.05, 3.63) is 125 Å². The van der Waals surface area contributed by atoms with Crippen molar-refractivity contribution in [3.8, 4) is 23.0 Å². The number of nitrogens with one attached hydrogen (secondary N) is 4. The van der Waals surface area contributed by atoms with E-state index < -0.39 is 101 Å². The molecule has 25 nitrogen and oxygen atoms in total. The average molecular weight is 1210 g/mol. The molecule has 2 aliphatic carbocycles. The van der Waals surface area contributed by atoms with Crippen molar-refractivity contribution >= 4 is 47.2 Å². The minimum atomic E-state index is -2.32. The fourth-order valence-electron chi connectivity index (χ4n) is 12.5. The zero-order chi connectivity index (χ0) is 61.6. The number of hydrogen-bond acceptors (Lipinski definition) is 19. The average Bonchev–Trinajstić information content (AvgIpc) is 1.50. The smallest absolute Gasteiger partial charge is 0.312 e. The van der Waals surface area contributed by atoms with Crippen LogP contribution in [0.15, 0.2) is 103 Å². The number of primary amides is 1. The number of aliphatic hydroxyl groups is 2. The quantitative estimate of drug-likeness (QED) is 0.0216. The van der Waals surface area contributed by atoms with Crippen LogP contribution in [0.5, 0.6) is 23.0 Å². The number of anilines is 1. The highest BCUT2D eigenvalue weighted by atomic mass is 16.8. The molecule has 1 unspecified atom stereocenters. The summed E-state index contributed by atoms with van der Waals surface area (Å²) in [5.74, 6) is -4.57. The molecule has 7 amide bonds. The maximum absolute atomic E-state index is 13.9. The molecular weight excluding hydrogens is 1130 g/mol. The molecule has 25 heteroatoms. The lowest BCUT2D eigenvalue weighted by Crippen LogP contribution is -2.58. The number of urea groups is 1. The van der Waals surface area contributed by atoms with E-state index in [1.54, 1.807) is 72.8 Å². The summed E-state index contributed by atoms with van der Waals surface area (Å²) in [6.07, 6.45) is -0.532.